The lowest BCUT2D eigenvalue weighted by molar-refractivity contribution is 0.0686. The first-order chi connectivity index (χ1) is 9.97. The van der Waals surface area contributed by atoms with Gasteiger partial charge in [-0.3, -0.25) is 4.68 Å². The Hall–Kier alpha value is -1.44. The summed E-state index contributed by atoms with van der Waals surface area (Å²) in [5, 5.41) is 14.1. The Morgan fingerprint density at radius 1 is 1.48 bits per heavy atom. The van der Waals surface area contributed by atoms with Crippen LogP contribution in [-0.2, 0) is 20.1 Å². The number of hydrogen-bond acceptors (Lipinski definition) is 4. The Kier molecular flexibility index (Phi) is 3.73. The molecule has 6 nitrogen and oxygen atoms in total. The van der Waals surface area contributed by atoms with Crippen molar-refractivity contribution in [2.45, 2.75) is 24.9 Å². The molecule has 1 aliphatic heterocycles. The van der Waals surface area contributed by atoms with E-state index < -0.39 is 5.97 Å². The third kappa shape index (κ3) is 2.56. The third-order valence-corrected chi connectivity index (χ3v) is 5.22. The summed E-state index contributed by atoms with van der Waals surface area (Å²) in [6.07, 6.45) is 1.67. The van der Waals surface area contributed by atoms with Crippen molar-refractivity contribution in [3.63, 3.8) is 0 Å². The van der Waals surface area contributed by atoms with E-state index in [0.717, 1.165) is 29.4 Å². The molecular formula is C13H15ClN4O2S. The van der Waals surface area contributed by atoms with Crippen molar-refractivity contribution in [3.8, 4) is 0 Å². The maximum absolute atomic E-state index is 11.2. The van der Waals surface area contributed by atoms with Crippen LogP contribution < -0.4 is 0 Å². The van der Waals surface area contributed by atoms with Gasteiger partial charge in [-0.2, -0.15) is 5.10 Å². The SMILES string of the molecule is Cc1c(SN2CCn3ncc(Cl)c3C2)cc(C(=O)O)n1C. The topological polar surface area (TPSA) is 63.3 Å². The standard InChI is InChI=1S/C13H15ClN4O2S/c1-8-12(5-10(13(19)20)16(8)2)21-17-3-4-18-11(7-17)9(14)6-15-18/h5-6H,3-4,7H2,1-2H3,(H,19,20). The molecule has 3 rings (SSSR count). The van der Waals surface area contributed by atoms with Gasteiger partial charge in [-0.05, 0) is 24.9 Å². The minimum atomic E-state index is -0.910. The van der Waals surface area contributed by atoms with Crippen molar-refractivity contribution < 1.29 is 9.90 Å². The van der Waals surface area contributed by atoms with Gasteiger partial charge in [0, 0.05) is 24.2 Å². The van der Waals surface area contributed by atoms with Crippen LogP contribution in [0.25, 0.3) is 0 Å². The highest BCUT2D eigenvalue weighted by molar-refractivity contribution is 7.97. The van der Waals surface area contributed by atoms with Gasteiger partial charge < -0.3 is 9.67 Å². The average molecular weight is 327 g/mol. The number of hydrogen-bond donors (Lipinski definition) is 1. The fraction of sp³-hybridized carbons (Fsp3) is 0.385. The number of rotatable bonds is 3. The molecular weight excluding hydrogens is 312 g/mol. The van der Waals surface area contributed by atoms with Crippen LogP contribution in [0.5, 0.6) is 0 Å². The number of aromatic nitrogens is 3. The molecule has 0 fully saturated rings. The Morgan fingerprint density at radius 2 is 2.24 bits per heavy atom. The van der Waals surface area contributed by atoms with Crippen molar-refractivity contribution in [2.24, 2.45) is 7.05 Å². The molecule has 21 heavy (non-hydrogen) atoms. The zero-order valence-electron chi connectivity index (χ0n) is 11.7. The molecule has 0 saturated carbocycles. The second kappa shape index (κ2) is 5.40. The zero-order valence-corrected chi connectivity index (χ0v) is 13.3. The monoisotopic (exact) mass is 326 g/mol. The number of carbonyl (C=O) groups is 1. The summed E-state index contributed by atoms with van der Waals surface area (Å²) >= 11 is 7.70. The maximum Gasteiger partial charge on any atom is 0.352 e. The van der Waals surface area contributed by atoms with Crippen LogP contribution in [0.3, 0.4) is 0 Å². The smallest absolute Gasteiger partial charge is 0.352 e. The largest absolute Gasteiger partial charge is 0.477 e. The van der Waals surface area contributed by atoms with E-state index in [2.05, 4.69) is 9.40 Å². The van der Waals surface area contributed by atoms with E-state index in [1.807, 2.05) is 11.6 Å². The molecule has 0 atom stereocenters. The van der Waals surface area contributed by atoms with Crippen LogP contribution in [0.15, 0.2) is 17.2 Å². The number of carboxylic acid groups (broad SMARTS) is 1. The van der Waals surface area contributed by atoms with Crippen LogP contribution in [0.2, 0.25) is 5.02 Å². The third-order valence-electron chi connectivity index (χ3n) is 3.72. The fourth-order valence-corrected chi connectivity index (χ4v) is 3.65. The fourth-order valence-electron chi connectivity index (χ4n) is 2.38. The van der Waals surface area contributed by atoms with Gasteiger partial charge in [-0.25, -0.2) is 9.10 Å². The lowest BCUT2D eigenvalue weighted by Crippen LogP contribution is -2.29. The first kappa shape index (κ1) is 14.5. The highest BCUT2D eigenvalue weighted by Crippen LogP contribution is 2.32. The van der Waals surface area contributed by atoms with Crippen LogP contribution in [0.1, 0.15) is 21.9 Å². The molecule has 0 radical (unpaired) electrons. The quantitative estimate of drug-likeness (QED) is 0.878. The number of fused-ring (bicyclic) bond motifs is 1. The summed E-state index contributed by atoms with van der Waals surface area (Å²) in [6, 6.07) is 1.72. The predicted octanol–water partition coefficient (Wildman–Crippen LogP) is 2.40. The molecule has 0 spiro atoms. The highest BCUT2D eigenvalue weighted by atomic mass is 35.5. The van der Waals surface area contributed by atoms with E-state index in [0.29, 0.717) is 17.3 Å². The summed E-state index contributed by atoms with van der Waals surface area (Å²) in [5.41, 5.74) is 2.25. The molecule has 0 aromatic carbocycles. The van der Waals surface area contributed by atoms with Crippen LogP contribution in [-0.4, -0.2) is 36.3 Å². The number of nitrogens with zero attached hydrogens (tertiary/aromatic N) is 4. The highest BCUT2D eigenvalue weighted by Gasteiger charge is 2.23. The van der Waals surface area contributed by atoms with Crippen molar-refractivity contribution in [3.05, 3.63) is 34.4 Å². The van der Waals surface area contributed by atoms with Gasteiger partial charge >= 0.3 is 5.97 Å². The van der Waals surface area contributed by atoms with Gasteiger partial charge in [-0.15, -0.1) is 0 Å². The van der Waals surface area contributed by atoms with E-state index >= 15 is 0 Å². The Morgan fingerprint density at radius 3 is 2.90 bits per heavy atom. The summed E-state index contributed by atoms with van der Waals surface area (Å²) in [6.45, 7) is 4.25. The minimum Gasteiger partial charge on any atom is -0.477 e. The number of carboxylic acids is 1. The van der Waals surface area contributed by atoms with E-state index in [-0.39, 0.29) is 0 Å². The van der Waals surface area contributed by atoms with Gasteiger partial charge in [0.2, 0.25) is 0 Å². The molecule has 0 bridgehead atoms. The van der Waals surface area contributed by atoms with Crippen LogP contribution in [0, 0.1) is 6.92 Å². The van der Waals surface area contributed by atoms with Crippen molar-refractivity contribution >= 4 is 29.5 Å². The van der Waals surface area contributed by atoms with Gasteiger partial charge in [0.1, 0.15) is 5.69 Å². The average Bonchev–Trinajstić information content (AvgIpc) is 2.95. The Bertz CT molecular complexity index is 709. The van der Waals surface area contributed by atoms with E-state index in [9.17, 15) is 9.90 Å². The number of aromatic carboxylic acids is 1. The Balaban J connectivity index is 1.81. The first-order valence-corrected chi connectivity index (χ1v) is 7.65. The second-order valence-electron chi connectivity index (χ2n) is 4.96. The van der Waals surface area contributed by atoms with Gasteiger partial charge in [0.25, 0.3) is 0 Å². The van der Waals surface area contributed by atoms with Crippen molar-refractivity contribution in [2.75, 3.05) is 6.54 Å². The van der Waals surface area contributed by atoms with Gasteiger partial charge in [0.05, 0.1) is 30.0 Å². The molecule has 0 aliphatic carbocycles. The van der Waals surface area contributed by atoms with Crippen molar-refractivity contribution in [1.29, 1.82) is 0 Å². The zero-order chi connectivity index (χ0) is 15.1. The number of halogens is 1. The molecule has 112 valence electrons. The Labute approximate surface area is 131 Å². The molecule has 0 unspecified atom stereocenters. The molecule has 1 N–H and O–H groups in total. The minimum absolute atomic E-state index is 0.301. The molecule has 2 aromatic heterocycles. The van der Waals surface area contributed by atoms with Gasteiger partial charge in [-0.1, -0.05) is 11.6 Å². The lowest BCUT2D eigenvalue weighted by atomic mass is 10.3. The van der Waals surface area contributed by atoms with Gasteiger partial charge in [0.15, 0.2) is 0 Å². The summed E-state index contributed by atoms with van der Waals surface area (Å²) in [5.74, 6) is -0.910. The maximum atomic E-state index is 11.2. The summed E-state index contributed by atoms with van der Waals surface area (Å²) < 4.78 is 5.79. The van der Waals surface area contributed by atoms with Crippen LogP contribution in [0.4, 0.5) is 0 Å². The molecule has 0 amide bonds. The molecule has 2 aromatic rings. The summed E-state index contributed by atoms with van der Waals surface area (Å²) in [4.78, 5) is 12.1. The normalized spacial score (nSPS) is 15.2. The van der Waals surface area contributed by atoms with E-state index in [1.165, 1.54) is 0 Å². The molecule has 0 saturated heterocycles. The molecule has 8 heteroatoms. The lowest BCUT2D eigenvalue weighted by Gasteiger charge is -2.26. The summed E-state index contributed by atoms with van der Waals surface area (Å²) in [7, 11) is 1.77. The van der Waals surface area contributed by atoms with Crippen LogP contribution >= 0.6 is 23.5 Å². The van der Waals surface area contributed by atoms with E-state index in [1.54, 1.807) is 35.8 Å². The second-order valence-corrected chi connectivity index (χ2v) is 6.51. The predicted molar refractivity (Wildman–Crippen MR) is 80.6 cm³/mol. The molecule has 3 heterocycles. The molecule has 1 aliphatic rings. The first-order valence-electron chi connectivity index (χ1n) is 6.50. The van der Waals surface area contributed by atoms with Crippen molar-refractivity contribution in [1.82, 2.24) is 18.7 Å². The van der Waals surface area contributed by atoms with E-state index in [4.69, 9.17) is 11.6 Å².